The molecule has 1 aliphatic rings. The van der Waals surface area contributed by atoms with Gasteiger partial charge in [-0.15, -0.1) is 0 Å². The smallest absolute Gasteiger partial charge is 0.254 e. The molecular weight excluding hydrogens is 290 g/mol. The van der Waals surface area contributed by atoms with Crippen molar-refractivity contribution in [3.8, 4) is 0 Å². The fourth-order valence-corrected chi connectivity index (χ4v) is 3.17. The van der Waals surface area contributed by atoms with Gasteiger partial charge in [-0.3, -0.25) is 14.7 Å². The molecule has 3 heterocycles. The summed E-state index contributed by atoms with van der Waals surface area (Å²) in [5.74, 6) is 0.570. The van der Waals surface area contributed by atoms with E-state index in [9.17, 15) is 4.79 Å². The Kier molecular flexibility index (Phi) is 5.08. The lowest BCUT2D eigenvalue weighted by Crippen LogP contribution is -2.40. The van der Waals surface area contributed by atoms with Crippen molar-refractivity contribution >= 4 is 5.91 Å². The number of piperidine rings is 1. The second-order valence-electron chi connectivity index (χ2n) is 6.00. The van der Waals surface area contributed by atoms with E-state index in [4.69, 9.17) is 4.42 Å². The molecule has 2 aromatic heterocycles. The van der Waals surface area contributed by atoms with Crippen LogP contribution in [0, 0.1) is 6.92 Å². The van der Waals surface area contributed by atoms with Crippen molar-refractivity contribution in [2.45, 2.75) is 32.2 Å². The van der Waals surface area contributed by atoms with Crippen LogP contribution in [0.1, 0.15) is 47.0 Å². The van der Waals surface area contributed by atoms with Crippen LogP contribution >= 0.6 is 0 Å². The van der Waals surface area contributed by atoms with Gasteiger partial charge in [0.2, 0.25) is 0 Å². The number of nitrogens with zero attached hydrogens (tertiary/aromatic N) is 2. The highest BCUT2D eigenvalue weighted by molar-refractivity contribution is 5.95. The van der Waals surface area contributed by atoms with Crippen LogP contribution in [-0.4, -0.2) is 35.4 Å². The summed E-state index contributed by atoms with van der Waals surface area (Å²) in [6.45, 7) is 4.52. The number of carbonyl (C=O) groups excluding carboxylic acids is 1. The van der Waals surface area contributed by atoms with E-state index in [1.807, 2.05) is 12.3 Å². The summed E-state index contributed by atoms with van der Waals surface area (Å²) < 4.78 is 5.21. The van der Waals surface area contributed by atoms with Crippen molar-refractivity contribution in [3.63, 3.8) is 0 Å². The Balaban J connectivity index is 1.71. The summed E-state index contributed by atoms with van der Waals surface area (Å²) in [6, 6.07) is 5.92. The zero-order chi connectivity index (χ0) is 16.1. The number of likely N-dealkylation sites (tertiary alicyclic amines) is 1. The van der Waals surface area contributed by atoms with Gasteiger partial charge in [0, 0.05) is 18.9 Å². The number of rotatable bonds is 5. The Labute approximate surface area is 136 Å². The minimum atomic E-state index is -0.0813. The summed E-state index contributed by atoms with van der Waals surface area (Å²) in [5.41, 5.74) is 1.76. The first-order valence-corrected chi connectivity index (χ1v) is 8.22. The van der Waals surface area contributed by atoms with E-state index in [1.54, 1.807) is 25.5 Å². The molecule has 2 aromatic rings. The number of nitrogens with one attached hydrogen (secondary N) is 1. The van der Waals surface area contributed by atoms with Crippen molar-refractivity contribution in [1.82, 2.24) is 15.2 Å². The fraction of sp³-hybridized carbons (Fsp3) is 0.444. The number of aromatic nitrogens is 1. The maximum Gasteiger partial charge on any atom is 0.254 e. The summed E-state index contributed by atoms with van der Waals surface area (Å²) >= 11 is 0. The van der Waals surface area contributed by atoms with Gasteiger partial charge in [0.1, 0.15) is 5.76 Å². The molecule has 1 unspecified atom stereocenters. The van der Waals surface area contributed by atoms with E-state index in [1.165, 1.54) is 19.3 Å². The predicted octanol–water partition coefficient (Wildman–Crippen LogP) is 2.94. The summed E-state index contributed by atoms with van der Waals surface area (Å²) in [6.07, 6.45) is 8.94. The van der Waals surface area contributed by atoms with E-state index in [0.717, 1.165) is 18.7 Å². The number of furan rings is 1. The Morgan fingerprint density at radius 2 is 2.17 bits per heavy atom. The molecule has 0 spiro atoms. The molecular formula is C18H23N3O2. The first-order chi connectivity index (χ1) is 11.3. The van der Waals surface area contributed by atoms with Crippen LogP contribution in [-0.2, 0) is 0 Å². The predicted molar refractivity (Wildman–Crippen MR) is 88.2 cm³/mol. The molecule has 0 bridgehead atoms. The van der Waals surface area contributed by atoms with Gasteiger partial charge >= 0.3 is 0 Å². The van der Waals surface area contributed by atoms with Gasteiger partial charge in [-0.25, -0.2) is 0 Å². The molecule has 3 rings (SSSR count). The van der Waals surface area contributed by atoms with Crippen LogP contribution in [0.25, 0.3) is 0 Å². The first kappa shape index (κ1) is 15.7. The maximum atomic E-state index is 12.3. The summed E-state index contributed by atoms with van der Waals surface area (Å²) in [5, 5.41) is 3.05. The molecule has 1 saturated heterocycles. The lowest BCUT2D eigenvalue weighted by molar-refractivity contribution is 0.0923. The van der Waals surface area contributed by atoms with E-state index in [2.05, 4.69) is 21.3 Å². The zero-order valence-corrected chi connectivity index (χ0v) is 13.5. The standard InChI is InChI=1S/C18H23N3O2/c1-14-16(7-11-23-14)18(22)20-13-17(15-6-5-8-19-12-15)21-9-3-2-4-10-21/h5-8,11-12,17H,2-4,9-10,13H2,1H3,(H,20,22). The van der Waals surface area contributed by atoms with Gasteiger partial charge in [0.15, 0.2) is 0 Å². The van der Waals surface area contributed by atoms with Crippen molar-refractivity contribution in [1.29, 1.82) is 0 Å². The van der Waals surface area contributed by atoms with Gasteiger partial charge in [-0.2, -0.15) is 0 Å². The first-order valence-electron chi connectivity index (χ1n) is 8.22. The molecule has 122 valence electrons. The van der Waals surface area contributed by atoms with Crippen LogP contribution in [0.15, 0.2) is 41.3 Å². The van der Waals surface area contributed by atoms with Gasteiger partial charge in [0.25, 0.3) is 5.91 Å². The second kappa shape index (κ2) is 7.42. The molecule has 1 atom stereocenters. The number of pyridine rings is 1. The SMILES string of the molecule is Cc1occc1C(=O)NCC(c1cccnc1)N1CCCCC1. The van der Waals surface area contributed by atoms with Crippen molar-refractivity contribution < 1.29 is 9.21 Å². The average molecular weight is 313 g/mol. The lowest BCUT2D eigenvalue weighted by atomic mass is 10.0. The number of aryl methyl sites for hydroxylation is 1. The Hall–Kier alpha value is -2.14. The monoisotopic (exact) mass is 313 g/mol. The molecule has 1 fully saturated rings. The zero-order valence-electron chi connectivity index (χ0n) is 13.5. The largest absolute Gasteiger partial charge is 0.469 e. The average Bonchev–Trinajstić information content (AvgIpc) is 3.03. The minimum absolute atomic E-state index is 0.0813. The number of hydrogen-bond acceptors (Lipinski definition) is 4. The quantitative estimate of drug-likeness (QED) is 0.922. The van der Waals surface area contributed by atoms with Crippen LogP contribution < -0.4 is 5.32 Å². The molecule has 1 N–H and O–H groups in total. The highest BCUT2D eigenvalue weighted by Crippen LogP contribution is 2.23. The number of carbonyl (C=O) groups is 1. The third-order valence-electron chi connectivity index (χ3n) is 4.46. The van der Waals surface area contributed by atoms with Crippen molar-refractivity contribution in [2.75, 3.05) is 19.6 Å². The molecule has 23 heavy (non-hydrogen) atoms. The number of hydrogen-bond donors (Lipinski definition) is 1. The van der Waals surface area contributed by atoms with Gasteiger partial charge < -0.3 is 9.73 Å². The Morgan fingerprint density at radius 3 is 2.83 bits per heavy atom. The van der Waals surface area contributed by atoms with Gasteiger partial charge in [-0.05, 0) is 50.6 Å². The molecule has 1 amide bonds. The third-order valence-corrected chi connectivity index (χ3v) is 4.46. The molecule has 1 aliphatic heterocycles. The summed E-state index contributed by atoms with van der Waals surface area (Å²) in [7, 11) is 0. The lowest BCUT2D eigenvalue weighted by Gasteiger charge is -2.34. The van der Waals surface area contributed by atoms with Gasteiger partial charge in [0.05, 0.1) is 17.9 Å². The van der Waals surface area contributed by atoms with E-state index in [0.29, 0.717) is 17.9 Å². The second-order valence-corrected chi connectivity index (χ2v) is 6.00. The van der Waals surface area contributed by atoms with E-state index < -0.39 is 0 Å². The van der Waals surface area contributed by atoms with Crippen molar-refractivity contribution in [3.05, 3.63) is 53.7 Å². The van der Waals surface area contributed by atoms with Crippen LogP contribution in [0.2, 0.25) is 0 Å². The highest BCUT2D eigenvalue weighted by Gasteiger charge is 2.23. The molecule has 0 aliphatic carbocycles. The molecule has 0 radical (unpaired) electrons. The minimum Gasteiger partial charge on any atom is -0.469 e. The van der Waals surface area contributed by atoms with Crippen LogP contribution in [0.4, 0.5) is 0 Å². The van der Waals surface area contributed by atoms with Crippen LogP contribution in [0.3, 0.4) is 0 Å². The van der Waals surface area contributed by atoms with E-state index in [-0.39, 0.29) is 11.9 Å². The molecule has 5 nitrogen and oxygen atoms in total. The van der Waals surface area contributed by atoms with Crippen LogP contribution in [0.5, 0.6) is 0 Å². The summed E-state index contributed by atoms with van der Waals surface area (Å²) in [4.78, 5) is 19.0. The normalized spacial score (nSPS) is 16.9. The third kappa shape index (κ3) is 3.79. The van der Waals surface area contributed by atoms with E-state index >= 15 is 0 Å². The molecule has 0 aromatic carbocycles. The Morgan fingerprint density at radius 1 is 1.35 bits per heavy atom. The van der Waals surface area contributed by atoms with Gasteiger partial charge in [-0.1, -0.05) is 12.5 Å². The highest BCUT2D eigenvalue weighted by atomic mass is 16.3. The fourth-order valence-electron chi connectivity index (χ4n) is 3.17. The Bertz CT molecular complexity index is 633. The van der Waals surface area contributed by atoms with Crippen molar-refractivity contribution in [2.24, 2.45) is 0 Å². The topological polar surface area (TPSA) is 58.4 Å². The molecule has 0 saturated carbocycles. The molecule has 5 heteroatoms. The number of amides is 1. The maximum absolute atomic E-state index is 12.3.